The summed E-state index contributed by atoms with van der Waals surface area (Å²) in [5, 5.41) is 6.90. The maximum atomic E-state index is 11.6. The zero-order chi connectivity index (χ0) is 11.7. The van der Waals surface area contributed by atoms with Crippen molar-refractivity contribution in [2.45, 2.75) is 12.5 Å². The lowest BCUT2D eigenvalue weighted by Crippen LogP contribution is -2.53. The number of thiazole rings is 1. The van der Waals surface area contributed by atoms with E-state index in [4.69, 9.17) is 0 Å². The zero-order valence-electron chi connectivity index (χ0n) is 9.01. The number of aromatic nitrogens is 3. The molecule has 2 aromatic heterocycles. The van der Waals surface area contributed by atoms with Crippen molar-refractivity contribution in [3.63, 3.8) is 0 Å². The lowest BCUT2D eigenvalue weighted by Gasteiger charge is -2.22. The number of rotatable bonds is 2. The molecule has 0 aliphatic carbocycles. The van der Waals surface area contributed by atoms with Gasteiger partial charge in [0.15, 0.2) is 10.5 Å². The highest BCUT2D eigenvalue weighted by Gasteiger charge is 2.23. The first-order valence-corrected chi connectivity index (χ1v) is 6.22. The van der Waals surface area contributed by atoms with Crippen molar-refractivity contribution < 1.29 is 4.79 Å². The Bertz CT molecular complexity index is 521. The van der Waals surface area contributed by atoms with Gasteiger partial charge in [-0.25, -0.2) is 15.0 Å². The summed E-state index contributed by atoms with van der Waals surface area (Å²) in [6, 6.07) is -0.190. The van der Waals surface area contributed by atoms with Gasteiger partial charge in [0.25, 0.3) is 0 Å². The highest BCUT2D eigenvalue weighted by molar-refractivity contribution is 7.18. The molecule has 0 spiro atoms. The van der Waals surface area contributed by atoms with Gasteiger partial charge in [0, 0.05) is 31.9 Å². The summed E-state index contributed by atoms with van der Waals surface area (Å²) in [4.78, 5) is 25.1. The molecule has 2 N–H and O–H groups in total. The minimum atomic E-state index is -0.190. The molecule has 3 heterocycles. The number of piperazine rings is 1. The van der Waals surface area contributed by atoms with E-state index in [1.807, 2.05) is 0 Å². The van der Waals surface area contributed by atoms with Crippen molar-refractivity contribution in [2.24, 2.45) is 0 Å². The van der Waals surface area contributed by atoms with Gasteiger partial charge < -0.3 is 10.6 Å². The van der Waals surface area contributed by atoms with Crippen LogP contribution in [0.3, 0.4) is 0 Å². The molecular weight excluding hydrogens is 238 g/mol. The van der Waals surface area contributed by atoms with Crippen molar-refractivity contribution in [1.29, 1.82) is 0 Å². The van der Waals surface area contributed by atoms with Crippen LogP contribution in [0.25, 0.3) is 10.5 Å². The first-order valence-electron chi connectivity index (χ1n) is 5.40. The van der Waals surface area contributed by atoms with Gasteiger partial charge in [-0.2, -0.15) is 0 Å². The van der Waals surface area contributed by atoms with E-state index in [9.17, 15) is 4.79 Å². The van der Waals surface area contributed by atoms with E-state index in [1.165, 1.54) is 11.3 Å². The molecule has 0 saturated carbocycles. The molecule has 88 valence electrons. The van der Waals surface area contributed by atoms with Crippen molar-refractivity contribution >= 4 is 27.7 Å². The van der Waals surface area contributed by atoms with E-state index in [2.05, 4.69) is 25.6 Å². The van der Waals surface area contributed by atoms with Gasteiger partial charge in [-0.1, -0.05) is 11.3 Å². The van der Waals surface area contributed by atoms with Gasteiger partial charge in [0.1, 0.15) is 0 Å². The van der Waals surface area contributed by atoms with Crippen LogP contribution < -0.4 is 10.6 Å². The molecule has 1 saturated heterocycles. The van der Waals surface area contributed by atoms with Crippen LogP contribution in [0, 0.1) is 0 Å². The van der Waals surface area contributed by atoms with E-state index in [1.54, 1.807) is 12.4 Å². The van der Waals surface area contributed by atoms with Crippen molar-refractivity contribution in [3.8, 4) is 0 Å². The number of hydrogen-bond donors (Lipinski definition) is 2. The van der Waals surface area contributed by atoms with E-state index >= 15 is 0 Å². The number of carbonyl (C=O) groups excluding carboxylic acids is 1. The number of nitrogens with one attached hydrogen (secondary N) is 2. The van der Waals surface area contributed by atoms with Gasteiger partial charge in [0.05, 0.1) is 11.0 Å². The molecule has 0 radical (unpaired) electrons. The number of hydrogen-bond acceptors (Lipinski definition) is 6. The third-order valence-corrected chi connectivity index (χ3v) is 3.58. The number of carbonyl (C=O) groups is 1. The summed E-state index contributed by atoms with van der Waals surface area (Å²) in [6.07, 6.45) is 3.86. The first kappa shape index (κ1) is 10.5. The van der Waals surface area contributed by atoms with Crippen molar-refractivity contribution in [3.05, 3.63) is 17.4 Å². The molecule has 7 heteroatoms. The molecule has 1 atom stereocenters. The molecule has 17 heavy (non-hydrogen) atoms. The molecular formula is C10H11N5OS. The predicted octanol–water partition coefficient (Wildman–Crippen LogP) is -0.283. The molecule has 0 bridgehead atoms. The van der Waals surface area contributed by atoms with Gasteiger partial charge in [-0.3, -0.25) is 4.79 Å². The fourth-order valence-electron chi connectivity index (χ4n) is 1.79. The summed E-state index contributed by atoms with van der Waals surface area (Å²) in [7, 11) is 0. The van der Waals surface area contributed by atoms with Crippen LogP contribution in [0.15, 0.2) is 12.4 Å². The van der Waals surface area contributed by atoms with Gasteiger partial charge in [-0.15, -0.1) is 0 Å². The average Bonchev–Trinajstić information content (AvgIpc) is 2.74. The summed E-state index contributed by atoms with van der Waals surface area (Å²) in [6.45, 7) is 1.50. The molecule has 0 aromatic carbocycles. The van der Waals surface area contributed by atoms with E-state index in [0.717, 1.165) is 16.4 Å². The third-order valence-electron chi connectivity index (χ3n) is 2.60. The molecule has 3 rings (SSSR count). The Balaban J connectivity index is 1.82. The highest BCUT2D eigenvalue weighted by atomic mass is 32.1. The number of fused-ring (bicyclic) bond motifs is 1. The van der Waals surface area contributed by atoms with Crippen LogP contribution in [0.4, 0.5) is 0 Å². The van der Waals surface area contributed by atoms with E-state index < -0.39 is 0 Å². The lowest BCUT2D eigenvalue weighted by molar-refractivity contribution is -0.124. The number of nitrogens with zero attached hydrogens (tertiary/aromatic N) is 3. The minimum Gasteiger partial charge on any atom is -0.353 e. The maximum absolute atomic E-state index is 11.6. The fourth-order valence-corrected chi connectivity index (χ4v) is 2.70. The molecule has 1 amide bonds. The lowest BCUT2D eigenvalue weighted by atomic mass is 10.1. The van der Waals surface area contributed by atoms with Crippen LogP contribution >= 0.6 is 11.3 Å². The smallest absolute Gasteiger partial charge is 0.237 e. The predicted molar refractivity (Wildman–Crippen MR) is 63.7 cm³/mol. The minimum absolute atomic E-state index is 0.0384. The highest BCUT2D eigenvalue weighted by Crippen LogP contribution is 2.18. The quantitative estimate of drug-likeness (QED) is 0.765. The van der Waals surface area contributed by atoms with Gasteiger partial charge in [-0.05, 0) is 0 Å². The fraction of sp³-hybridized carbons (Fsp3) is 0.400. The third kappa shape index (κ3) is 2.11. The number of amides is 1. The van der Waals surface area contributed by atoms with Gasteiger partial charge in [0.2, 0.25) is 5.91 Å². The summed E-state index contributed by atoms with van der Waals surface area (Å²) < 4.78 is 0. The largest absolute Gasteiger partial charge is 0.353 e. The Morgan fingerprint density at radius 1 is 1.35 bits per heavy atom. The Labute approximate surface area is 101 Å². The SMILES string of the molecule is O=C1NCCNC1Cc1nc2nccnc2s1. The molecule has 6 nitrogen and oxygen atoms in total. The molecule has 1 unspecified atom stereocenters. The topological polar surface area (TPSA) is 79.8 Å². The van der Waals surface area contributed by atoms with E-state index in [0.29, 0.717) is 18.6 Å². The Hall–Kier alpha value is -1.60. The summed E-state index contributed by atoms with van der Waals surface area (Å²) in [5.74, 6) is 0.0384. The monoisotopic (exact) mass is 249 g/mol. The molecule has 1 aliphatic heterocycles. The molecule has 1 aliphatic rings. The van der Waals surface area contributed by atoms with Gasteiger partial charge >= 0.3 is 0 Å². The summed E-state index contributed by atoms with van der Waals surface area (Å²) >= 11 is 1.49. The van der Waals surface area contributed by atoms with Crippen LogP contribution in [-0.2, 0) is 11.2 Å². The Kier molecular flexibility index (Phi) is 2.69. The normalized spacial score (nSPS) is 20.5. The standard InChI is InChI=1S/C10H11N5OS/c16-9-6(11-1-3-13-9)5-7-15-8-10(17-7)14-4-2-12-8/h2,4,6,11H,1,3,5H2,(H,13,16). The van der Waals surface area contributed by atoms with Crippen LogP contribution in [-0.4, -0.2) is 40.0 Å². The second-order valence-electron chi connectivity index (χ2n) is 3.79. The first-order chi connectivity index (χ1) is 8.33. The Morgan fingerprint density at radius 2 is 2.24 bits per heavy atom. The average molecular weight is 249 g/mol. The van der Waals surface area contributed by atoms with Crippen molar-refractivity contribution in [2.75, 3.05) is 13.1 Å². The zero-order valence-corrected chi connectivity index (χ0v) is 9.83. The molecule has 1 fully saturated rings. The second-order valence-corrected chi connectivity index (χ2v) is 4.86. The second kappa shape index (κ2) is 4.34. The van der Waals surface area contributed by atoms with Crippen LogP contribution in [0.1, 0.15) is 5.01 Å². The summed E-state index contributed by atoms with van der Waals surface area (Å²) in [5.41, 5.74) is 0.656. The Morgan fingerprint density at radius 3 is 3.06 bits per heavy atom. The van der Waals surface area contributed by atoms with Crippen molar-refractivity contribution in [1.82, 2.24) is 25.6 Å². The van der Waals surface area contributed by atoms with Crippen LogP contribution in [0.2, 0.25) is 0 Å². The maximum Gasteiger partial charge on any atom is 0.237 e. The van der Waals surface area contributed by atoms with Crippen LogP contribution in [0.5, 0.6) is 0 Å². The molecule has 2 aromatic rings. The van der Waals surface area contributed by atoms with E-state index in [-0.39, 0.29) is 11.9 Å².